The lowest BCUT2D eigenvalue weighted by Crippen LogP contribution is -2.50. The summed E-state index contributed by atoms with van der Waals surface area (Å²) in [7, 11) is 1.55. The van der Waals surface area contributed by atoms with E-state index < -0.39 is 11.9 Å². The fourth-order valence-corrected chi connectivity index (χ4v) is 2.87. The van der Waals surface area contributed by atoms with Crippen molar-refractivity contribution in [2.24, 2.45) is 5.73 Å². The molecule has 110 valence electrons. The normalized spacial score (nSPS) is 23.2. The zero-order valence-corrected chi connectivity index (χ0v) is 12.1. The van der Waals surface area contributed by atoms with Crippen molar-refractivity contribution in [2.75, 3.05) is 20.3 Å². The summed E-state index contributed by atoms with van der Waals surface area (Å²) in [6, 6.07) is 3.61. The summed E-state index contributed by atoms with van der Waals surface area (Å²) in [6.07, 6.45) is 0.894. The highest BCUT2D eigenvalue weighted by Gasteiger charge is 2.37. The average molecular weight is 301 g/mol. The summed E-state index contributed by atoms with van der Waals surface area (Å²) in [4.78, 5) is 13.7. The first-order chi connectivity index (χ1) is 9.56. The standard InChI is InChI=1S/C14H18ClFN2O2/c1-20-8-7-18-12(19)6-5-11(17)14(18)13-9(15)3-2-4-10(13)16/h2-4,11,14H,5-8,17H2,1H3. The van der Waals surface area contributed by atoms with Gasteiger partial charge in [-0.3, -0.25) is 4.79 Å². The fourth-order valence-electron chi connectivity index (χ4n) is 2.59. The van der Waals surface area contributed by atoms with Gasteiger partial charge in [0.25, 0.3) is 0 Å². The third kappa shape index (κ3) is 2.95. The van der Waals surface area contributed by atoms with E-state index in [4.69, 9.17) is 22.1 Å². The molecular formula is C14H18ClFN2O2. The van der Waals surface area contributed by atoms with Gasteiger partial charge in [-0.15, -0.1) is 0 Å². The van der Waals surface area contributed by atoms with Crippen molar-refractivity contribution in [3.05, 3.63) is 34.6 Å². The molecule has 20 heavy (non-hydrogen) atoms. The highest BCUT2D eigenvalue weighted by atomic mass is 35.5. The molecule has 0 aromatic heterocycles. The zero-order valence-electron chi connectivity index (χ0n) is 11.3. The lowest BCUT2D eigenvalue weighted by Gasteiger charge is -2.40. The molecule has 2 N–H and O–H groups in total. The van der Waals surface area contributed by atoms with Crippen molar-refractivity contribution in [1.29, 1.82) is 0 Å². The monoisotopic (exact) mass is 300 g/mol. The lowest BCUT2D eigenvalue weighted by molar-refractivity contribution is -0.138. The molecule has 1 aliphatic rings. The minimum atomic E-state index is -0.542. The molecule has 4 nitrogen and oxygen atoms in total. The Labute approximate surface area is 122 Å². The van der Waals surface area contributed by atoms with Crippen molar-refractivity contribution in [3.63, 3.8) is 0 Å². The van der Waals surface area contributed by atoms with Crippen LogP contribution in [0.2, 0.25) is 5.02 Å². The lowest BCUT2D eigenvalue weighted by atomic mass is 9.90. The Balaban J connectivity index is 2.39. The number of nitrogens with two attached hydrogens (primary N) is 1. The van der Waals surface area contributed by atoms with Crippen LogP contribution in [0.1, 0.15) is 24.4 Å². The van der Waals surface area contributed by atoms with Gasteiger partial charge >= 0.3 is 0 Å². The molecule has 1 fully saturated rings. The van der Waals surface area contributed by atoms with Crippen LogP contribution in [0.3, 0.4) is 0 Å². The predicted molar refractivity (Wildman–Crippen MR) is 74.9 cm³/mol. The molecule has 0 spiro atoms. The van der Waals surface area contributed by atoms with E-state index in [1.807, 2.05) is 0 Å². The van der Waals surface area contributed by atoms with E-state index in [0.717, 1.165) is 0 Å². The number of carbonyl (C=O) groups is 1. The van der Waals surface area contributed by atoms with E-state index >= 15 is 0 Å². The van der Waals surface area contributed by atoms with Gasteiger partial charge in [-0.25, -0.2) is 4.39 Å². The highest BCUT2D eigenvalue weighted by Crippen LogP contribution is 2.36. The summed E-state index contributed by atoms with van der Waals surface area (Å²) in [5.41, 5.74) is 6.41. The first kappa shape index (κ1) is 15.2. The van der Waals surface area contributed by atoms with Crippen molar-refractivity contribution in [2.45, 2.75) is 24.9 Å². The van der Waals surface area contributed by atoms with Crippen LogP contribution in [0.15, 0.2) is 18.2 Å². The number of hydrogen-bond donors (Lipinski definition) is 1. The van der Waals surface area contributed by atoms with E-state index in [0.29, 0.717) is 36.6 Å². The van der Waals surface area contributed by atoms with Gasteiger partial charge in [0.15, 0.2) is 0 Å². The smallest absolute Gasteiger partial charge is 0.223 e. The van der Waals surface area contributed by atoms with E-state index in [-0.39, 0.29) is 11.9 Å². The van der Waals surface area contributed by atoms with Crippen LogP contribution in [-0.4, -0.2) is 37.1 Å². The van der Waals surface area contributed by atoms with Gasteiger partial charge in [0.05, 0.1) is 12.6 Å². The molecule has 1 amide bonds. The van der Waals surface area contributed by atoms with Crippen LogP contribution in [0.5, 0.6) is 0 Å². The minimum absolute atomic E-state index is 0.0481. The number of ether oxygens (including phenoxy) is 1. The third-order valence-corrected chi connectivity index (χ3v) is 3.91. The van der Waals surface area contributed by atoms with Crippen LogP contribution in [-0.2, 0) is 9.53 Å². The molecule has 2 unspecified atom stereocenters. The average Bonchev–Trinajstić information content (AvgIpc) is 2.41. The largest absolute Gasteiger partial charge is 0.383 e. The summed E-state index contributed by atoms with van der Waals surface area (Å²) in [5.74, 6) is -0.483. The topological polar surface area (TPSA) is 55.6 Å². The quantitative estimate of drug-likeness (QED) is 0.926. The number of piperidine rings is 1. The molecule has 0 bridgehead atoms. The Bertz CT molecular complexity index is 478. The molecule has 2 rings (SSSR count). The van der Waals surface area contributed by atoms with Crippen molar-refractivity contribution < 1.29 is 13.9 Å². The van der Waals surface area contributed by atoms with Gasteiger partial charge in [-0.1, -0.05) is 17.7 Å². The number of nitrogens with zero attached hydrogens (tertiary/aromatic N) is 1. The summed E-state index contributed by atoms with van der Waals surface area (Å²) in [5, 5.41) is 0.294. The van der Waals surface area contributed by atoms with Crippen LogP contribution in [0.25, 0.3) is 0 Å². The maximum Gasteiger partial charge on any atom is 0.223 e. The van der Waals surface area contributed by atoms with Gasteiger partial charge < -0.3 is 15.4 Å². The van der Waals surface area contributed by atoms with Crippen molar-refractivity contribution in [3.8, 4) is 0 Å². The third-order valence-electron chi connectivity index (χ3n) is 3.59. The maximum atomic E-state index is 14.1. The summed E-state index contributed by atoms with van der Waals surface area (Å²) in [6.45, 7) is 0.749. The molecule has 1 saturated heterocycles. The Morgan fingerprint density at radius 2 is 2.30 bits per heavy atom. The molecular weight excluding hydrogens is 283 g/mol. The van der Waals surface area contributed by atoms with E-state index in [1.54, 1.807) is 18.1 Å². The zero-order chi connectivity index (χ0) is 14.7. The molecule has 6 heteroatoms. The highest BCUT2D eigenvalue weighted by molar-refractivity contribution is 6.31. The first-order valence-electron chi connectivity index (χ1n) is 6.54. The molecule has 2 atom stereocenters. The molecule has 1 aromatic rings. The van der Waals surface area contributed by atoms with Gasteiger partial charge in [-0.05, 0) is 18.6 Å². The van der Waals surface area contributed by atoms with Crippen molar-refractivity contribution in [1.82, 2.24) is 4.90 Å². The van der Waals surface area contributed by atoms with Crippen LogP contribution < -0.4 is 5.73 Å². The van der Waals surface area contributed by atoms with Crippen LogP contribution in [0, 0.1) is 5.82 Å². The van der Waals surface area contributed by atoms with Crippen LogP contribution >= 0.6 is 11.6 Å². The van der Waals surface area contributed by atoms with E-state index in [9.17, 15) is 9.18 Å². The van der Waals surface area contributed by atoms with Gasteiger partial charge in [0.1, 0.15) is 5.82 Å². The minimum Gasteiger partial charge on any atom is -0.383 e. The number of carbonyl (C=O) groups excluding carboxylic acids is 1. The molecule has 0 aliphatic carbocycles. The number of methoxy groups -OCH3 is 1. The number of benzene rings is 1. The number of rotatable bonds is 4. The van der Waals surface area contributed by atoms with Gasteiger partial charge in [-0.2, -0.15) is 0 Å². The second-order valence-electron chi connectivity index (χ2n) is 4.86. The number of hydrogen-bond acceptors (Lipinski definition) is 3. The van der Waals surface area contributed by atoms with Gasteiger partial charge in [0, 0.05) is 36.7 Å². The maximum absolute atomic E-state index is 14.1. The van der Waals surface area contributed by atoms with E-state index in [2.05, 4.69) is 0 Å². The Hall–Kier alpha value is -1.17. The molecule has 1 aliphatic heterocycles. The second kappa shape index (κ2) is 6.52. The molecule has 1 aromatic carbocycles. The Morgan fingerprint density at radius 1 is 1.55 bits per heavy atom. The second-order valence-corrected chi connectivity index (χ2v) is 5.27. The number of halogens is 2. The molecule has 0 saturated carbocycles. The first-order valence-corrected chi connectivity index (χ1v) is 6.92. The Kier molecular flexibility index (Phi) is 4.96. The molecule has 1 heterocycles. The number of amides is 1. The summed E-state index contributed by atoms with van der Waals surface area (Å²) >= 11 is 6.11. The number of likely N-dealkylation sites (tertiary alicyclic amines) is 1. The predicted octanol–water partition coefficient (Wildman–Crippen LogP) is 2.12. The molecule has 0 radical (unpaired) electrons. The fraction of sp³-hybridized carbons (Fsp3) is 0.500. The van der Waals surface area contributed by atoms with Crippen molar-refractivity contribution >= 4 is 17.5 Å². The van der Waals surface area contributed by atoms with Crippen LogP contribution in [0.4, 0.5) is 4.39 Å². The SMILES string of the molecule is COCCN1C(=O)CCC(N)C1c1c(F)cccc1Cl. The van der Waals surface area contributed by atoms with E-state index in [1.165, 1.54) is 12.1 Å². The Morgan fingerprint density at radius 3 is 2.95 bits per heavy atom. The van der Waals surface area contributed by atoms with Gasteiger partial charge in [0.2, 0.25) is 5.91 Å². The summed E-state index contributed by atoms with van der Waals surface area (Å²) < 4.78 is 19.1.